The molecule has 140 valence electrons. The molecule has 1 atom stereocenters. The Morgan fingerprint density at radius 1 is 1.15 bits per heavy atom. The minimum Gasteiger partial charge on any atom is -0.326 e. The molecular weight excluding hydrogens is 358 g/mol. The number of hydrogen-bond donors (Lipinski definition) is 1. The predicted octanol–water partition coefficient (Wildman–Crippen LogP) is 4.20. The molecule has 0 spiro atoms. The first-order valence-corrected chi connectivity index (χ1v) is 9.69. The molecule has 0 unspecified atom stereocenters. The van der Waals surface area contributed by atoms with Gasteiger partial charge >= 0.3 is 0 Å². The van der Waals surface area contributed by atoms with Gasteiger partial charge in [-0.2, -0.15) is 0 Å². The Hall–Kier alpha value is -2.60. The van der Waals surface area contributed by atoms with E-state index in [1.807, 2.05) is 63.2 Å². The van der Waals surface area contributed by atoms with Crippen LogP contribution in [0.5, 0.6) is 0 Å². The molecule has 1 saturated heterocycles. The topological polar surface area (TPSA) is 61.8 Å². The SMILES string of the molecule is Cc1ccc(NC(=O)C[C@H]2SC(=Nc3ccccc3C)N(C)C2=O)c(C)c1. The Kier molecular flexibility index (Phi) is 5.65. The number of aryl methyl sites for hydroxylation is 3. The first kappa shape index (κ1) is 19.2. The van der Waals surface area contributed by atoms with Crippen molar-refractivity contribution in [2.45, 2.75) is 32.4 Å². The summed E-state index contributed by atoms with van der Waals surface area (Å²) in [5.74, 6) is -0.263. The number of amides is 2. The van der Waals surface area contributed by atoms with E-state index in [1.165, 1.54) is 16.7 Å². The van der Waals surface area contributed by atoms with Crippen LogP contribution in [-0.2, 0) is 9.59 Å². The van der Waals surface area contributed by atoms with Crippen LogP contribution in [0, 0.1) is 20.8 Å². The summed E-state index contributed by atoms with van der Waals surface area (Å²) < 4.78 is 0. The summed E-state index contributed by atoms with van der Waals surface area (Å²) in [5, 5.41) is 3.08. The van der Waals surface area contributed by atoms with Gasteiger partial charge in [0.25, 0.3) is 0 Å². The third-order valence-corrected chi connectivity index (χ3v) is 5.73. The van der Waals surface area contributed by atoms with Crippen LogP contribution >= 0.6 is 11.8 Å². The van der Waals surface area contributed by atoms with Crippen molar-refractivity contribution in [3.63, 3.8) is 0 Å². The molecule has 2 amide bonds. The van der Waals surface area contributed by atoms with Gasteiger partial charge in [0, 0.05) is 19.2 Å². The molecule has 0 bridgehead atoms. The first-order chi connectivity index (χ1) is 12.8. The largest absolute Gasteiger partial charge is 0.326 e. The van der Waals surface area contributed by atoms with Crippen molar-refractivity contribution in [1.82, 2.24) is 4.90 Å². The Bertz CT molecular complexity index is 923. The van der Waals surface area contributed by atoms with Gasteiger partial charge in [-0.3, -0.25) is 14.5 Å². The van der Waals surface area contributed by atoms with Gasteiger partial charge in [0.1, 0.15) is 5.25 Å². The van der Waals surface area contributed by atoms with Gasteiger partial charge < -0.3 is 5.32 Å². The zero-order valence-electron chi connectivity index (χ0n) is 15.9. The van der Waals surface area contributed by atoms with E-state index in [-0.39, 0.29) is 18.2 Å². The van der Waals surface area contributed by atoms with E-state index in [2.05, 4.69) is 10.3 Å². The van der Waals surface area contributed by atoms with Crippen molar-refractivity contribution < 1.29 is 9.59 Å². The molecule has 5 nitrogen and oxygen atoms in total. The van der Waals surface area contributed by atoms with Crippen LogP contribution in [0.1, 0.15) is 23.1 Å². The quantitative estimate of drug-likeness (QED) is 0.863. The molecule has 0 saturated carbocycles. The van der Waals surface area contributed by atoms with E-state index < -0.39 is 5.25 Å². The minimum absolute atomic E-state index is 0.0943. The third-order valence-electron chi connectivity index (χ3n) is 4.50. The van der Waals surface area contributed by atoms with Crippen molar-refractivity contribution in [3.05, 3.63) is 59.2 Å². The lowest BCUT2D eigenvalue weighted by Crippen LogP contribution is -2.30. The van der Waals surface area contributed by atoms with E-state index in [1.54, 1.807) is 7.05 Å². The molecule has 2 aromatic rings. The molecule has 0 aromatic heterocycles. The van der Waals surface area contributed by atoms with Gasteiger partial charge in [-0.1, -0.05) is 47.7 Å². The number of hydrogen-bond acceptors (Lipinski definition) is 4. The van der Waals surface area contributed by atoms with E-state index in [4.69, 9.17) is 0 Å². The van der Waals surface area contributed by atoms with Crippen LogP contribution in [0.4, 0.5) is 11.4 Å². The molecule has 1 aliphatic rings. The van der Waals surface area contributed by atoms with Gasteiger partial charge in [0.2, 0.25) is 11.8 Å². The Morgan fingerprint density at radius 3 is 2.59 bits per heavy atom. The van der Waals surface area contributed by atoms with Crippen LogP contribution in [0.25, 0.3) is 0 Å². The number of benzene rings is 2. The standard InChI is InChI=1S/C21H23N3O2S/c1-13-9-10-17(15(3)11-13)22-19(25)12-18-20(26)24(4)21(27-18)23-16-8-6-5-7-14(16)2/h5-11,18H,12H2,1-4H3,(H,22,25)/t18-/m1/s1. The summed E-state index contributed by atoms with van der Waals surface area (Å²) in [7, 11) is 1.70. The minimum atomic E-state index is -0.455. The second kappa shape index (κ2) is 7.96. The van der Waals surface area contributed by atoms with Crippen molar-refractivity contribution in [2.24, 2.45) is 4.99 Å². The normalized spacial score (nSPS) is 18.2. The Morgan fingerprint density at radius 2 is 1.89 bits per heavy atom. The smallest absolute Gasteiger partial charge is 0.242 e. The maximum atomic E-state index is 12.5. The van der Waals surface area contributed by atoms with E-state index in [9.17, 15) is 9.59 Å². The number of para-hydroxylation sites is 1. The fraction of sp³-hybridized carbons (Fsp3) is 0.286. The second-order valence-electron chi connectivity index (χ2n) is 6.76. The van der Waals surface area contributed by atoms with Gasteiger partial charge in [0.05, 0.1) is 5.69 Å². The second-order valence-corrected chi connectivity index (χ2v) is 7.93. The summed E-state index contributed by atoms with van der Waals surface area (Å²) in [5.41, 5.74) is 4.81. The highest BCUT2D eigenvalue weighted by atomic mass is 32.2. The van der Waals surface area contributed by atoms with Crippen molar-refractivity contribution >= 4 is 40.1 Å². The summed E-state index contributed by atoms with van der Waals surface area (Å²) >= 11 is 1.34. The maximum Gasteiger partial charge on any atom is 0.242 e. The molecule has 0 radical (unpaired) electrons. The number of carbonyl (C=O) groups excluding carboxylic acids is 2. The summed E-state index contributed by atoms with van der Waals surface area (Å²) in [6, 6.07) is 13.6. The third kappa shape index (κ3) is 4.39. The predicted molar refractivity (Wildman–Crippen MR) is 112 cm³/mol. The van der Waals surface area contributed by atoms with Crippen molar-refractivity contribution in [3.8, 4) is 0 Å². The van der Waals surface area contributed by atoms with Gasteiger partial charge in [-0.05, 0) is 44.0 Å². The summed E-state index contributed by atoms with van der Waals surface area (Å²) in [4.78, 5) is 31.1. The van der Waals surface area contributed by atoms with Gasteiger partial charge in [-0.15, -0.1) is 0 Å². The van der Waals surface area contributed by atoms with Crippen molar-refractivity contribution in [2.75, 3.05) is 12.4 Å². The lowest BCUT2D eigenvalue weighted by Gasteiger charge is -2.11. The fourth-order valence-corrected chi connectivity index (χ4v) is 4.06. The summed E-state index contributed by atoms with van der Waals surface area (Å²) in [6.45, 7) is 5.95. The average molecular weight is 382 g/mol. The number of nitrogens with one attached hydrogen (secondary N) is 1. The van der Waals surface area contributed by atoms with E-state index in [0.29, 0.717) is 5.17 Å². The van der Waals surface area contributed by atoms with Gasteiger partial charge in [0.15, 0.2) is 5.17 Å². The number of rotatable bonds is 4. The molecule has 3 rings (SSSR count). The van der Waals surface area contributed by atoms with Crippen LogP contribution in [0.2, 0.25) is 0 Å². The average Bonchev–Trinajstić information content (AvgIpc) is 2.87. The monoisotopic (exact) mass is 381 g/mol. The number of aliphatic imine (C=N–C) groups is 1. The highest BCUT2D eigenvalue weighted by Gasteiger charge is 2.37. The number of nitrogens with zero attached hydrogens (tertiary/aromatic N) is 2. The number of carbonyl (C=O) groups is 2. The highest BCUT2D eigenvalue weighted by molar-refractivity contribution is 8.15. The Labute approximate surface area is 163 Å². The van der Waals surface area contributed by atoms with E-state index in [0.717, 1.165) is 28.1 Å². The molecule has 0 aliphatic carbocycles. The maximum absolute atomic E-state index is 12.5. The van der Waals surface area contributed by atoms with Gasteiger partial charge in [-0.25, -0.2) is 4.99 Å². The molecule has 6 heteroatoms. The van der Waals surface area contributed by atoms with Crippen LogP contribution in [0.3, 0.4) is 0 Å². The molecular formula is C21H23N3O2S. The fourth-order valence-electron chi connectivity index (χ4n) is 2.91. The number of anilines is 1. The van der Waals surface area contributed by atoms with Crippen LogP contribution < -0.4 is 5.32 Å². The Balaban J connectivity index is 1.70. The molecule has 1 N–H and O–H groups in total. The molecule has 2 aromatic carbocycles. The van der Waals surface area contributed by atoms with E-state index >= 15 is 0 Å². The van der Waals surface area contributed by atoms with Crippen molar-refractivity contribution in [1.29, 1.82) is 0 Å². The zero-order chi connectivity index (χ0) is 19.6. The molecule has 1 aliphatic heterocycles. The lowest BCUT2D eigenvalue weighted by atomic mass is 10.1. The molecule has 1 fully saturated rings. The highest BCUT2D eigenvalue weighted by Crippen LogP contribution is 2.31. The van der Waals surface area contributed by atoms with Crippen LogP contribution in [0.15, 0.2) is 47.5 Å². The molecule has 1 heterocycles. The zero-order valence-corrected chi connectivity index (χ0v) is 16.8. The van der Waals surface area contributed by atoms with Crippen LogP contribution in [-0.4, -0.2) is 34.2 Å². The molecule has 27 heavy (non-hydrogen) atoms. The number of amidine groups is 1. The lowest BCUT2D eigenvalue weighted by molar-refractivity contribution is -0.127. The summed E-state index contributed by atoms with van der Waals surface area (Å²) in [6.07, 6.45) is 0.119. The first-order valence-electron chi connectivity index (χ1n) is 8.81. The number of thioether (sulfide) groups is 1.